The summed E-state index contributed by atoms with van der Waals surface area (Å²) in [5.41, 5.74) is 2.26. The fourth-order valence-electron chi connectivity index (χ4n) is 1.77. The maximum absolute atomic E-state index is 11.5. The zero-order valence-corrected chi connectivity index (χ0v) is 9.12. The topological polar surface area (TPSA) is 60.9 Å². The molecule has 0 aliphatic rings. The molecule has 17 heavy (non-hydrogen) atoms. The van der Waals surface area contributed by atoms with Crippen LogP contribution in [0.5, 0.6) is 0 Å². The third kappa shape index (κ3) is 1.52. The highest BCUT2D eigenvalue weighted by molar-refractivity contribution is 5.86. The van der Waals surface area contributed by atoms with Gasteiger partial charge in [0.2, 0.25) is 6.39 Å². The Morgan fingerprint density at radius 2 is 2.12 bits per heavy atom. The molecule has 5 nitrogen and oxygen atoms in total. The Morgan fingerprint density at radius 1 is 1.24 bits per heavy atom. The Morgan fingerprint density at radius 3 is 2.88 bits per heavy atom. The molecule has 0 unspecified atom stereocenters. The lowest BCUT2D eigenvalue weighted by Crippen LogP contribution is -2.14. The summed E-state index contributed by atoms with van der Waals surface area (Å²) in [6.07, 6.45) is 1.12. The minimum atomic E-state index is -0.513. The van der Waals surface area contributed by atoms with Gasteiger partial charge in [0, 0.05) is 11.1 Å². The van der Waals surface area contributed by atoms with Crippen LogP contribution in [0.3, 0.4) is 0 Å². The van der Waals surface area contributed by atoms with Crippen molar-refractivity contribution in [2.24, 2.45) is 0 Å². The van der Waals surface area contributed by atoms with E-state index in [1.807, 2.05) is 31.2 Å². The van der Waals surface area contributed by atoms with Crippen LogP contribution in [0.2, 0.25) is 0 Å². The van der Waals surface area contributed by atoms with Gasteiger partial charge in [0.05, 0.1) is 11.2 Å². The molecule has 2 aromatic heterocycles. The van der Waals surface area contributed by atoms with E-state index < -0.39 is 5.76 Å². The molecule has 1 aromatic carbocycles. The Balaban J connectivity index is 2.41. The molecule has 0 saturated heterocycles. The van der Waals surface area contributed by atoms with Crippen molar-refractivity contribution in [3.63, 3.8) is 0 Å². The third-order valence-electron chi connectivity index (χ3n) is 2.56. The van der Waals surface area contributed by atoms with E-state index in [1.165, 1.54) is 4.68 Å². The second-order valence-corrected chi connectivity index (χ2v) is 3.72. The molecule has 2 heterocycles. The van der Waals surface area contributed by atoms with Crippen LogP contribution in [0, 0.1) is 6.92 Å². The van der Waals surface area contributed by atoms with Crippen molar-refractivity contribution in [1.82, 2.24) is 14.8 Å². The number of benzene rings is 1. The summed E-state index contributed by atoms with van der Waals surface area (Å²) < 4.78 is 5.87. The molecule has 84 valence electrons. The average molecular weight is 227 g/mol. The molecule has 3 rings (SSSR count). The highest BCUT2D eigenvalue weighted by Gasteiger charge is 2.08. The minimum absolute atomic E-state index is 0.513. The van der Waals surface area contributed by atoms with Crippen LogP contribution < -0.4 is 5.76 Å². The molecule has 0 amide bonds. The number of hydrogen-bond donors (Lipinski definition) is 0. The SMILES string of the molecule is Cc1ccc2cccc(-n3ncoc3=O)c2n1. The molecule has 0 N–H and O–H groups in total. The minimum Gasteiger partial charge on any atom is -0.395 e. The molecule has 0 aliphatic carbocycles. The quantitative estimate of drug-likeness (QED) is 0.634. The molecule has 0 aliphatic heterocycles. The average Bonchev–Trinajstić information content (AvgIpc) is 2.74. The molecule has 0 bridgehead atoms. The molecular formula is C12H9N3O2. The standard InChI is InChI=1S/C12H9N3O2/c1-8-5-6-9-3-2-4-10(11(9)14-8)15-12(16)17-7-13-15/h2-7H,1H3. The van der Waals surface area contributed by atoms with Gasteiger partial charge >= 0.3 is 5.76 Å². The first kappa shape index (κ1) is 9.77. The van der Waals surface area contributed by atoms with Crippen LogP contribution in [0.25, 0.3) is 16.6 Å². The van der Waals surface area contributed by atoms with Gasteiger partial charge in [-0.2, -0.15) is 4.68 Å². The van der Waals surface area contributed by atoms with Crippen molar-refractivity contribution >= 4 is 10.9 Å². The van der Waals surface area contributed by atoms with E-state index in [4.69, 9.17) is 0 Å². The van der Waals surface area contributed by atoms with E-state index in [9.17, 15) is 4.79 Å². The van der Waals surface area contributed by atoms with Gasteiger partial charge in [-0.25, -0.2) is 4.79 Å². The Labute approximate surface area is 96.3 Å². The molecule has 0 radical (unpaired) electrons. The number of aryl methyl sites for hydroxylation is 1. The number of fused-ring (bicyclic) bond motifs is 1. The third-order valence-corrected chi connectivity index (χ3v) is 2.56. The number of para-hydroxylation sites is 1. The van der Waals surface area contributed by atoms with Gasteiger partial charge in [0.25, 0.3) is 0 Å². The van der Waals surface area contributed by atoms with Crippen molar-refractivity contribution in [2.45, 2.75) is 6.92 Å². The Hall–Kier alpha value is -2.43. The van der Waals surface area contributed by atoms with Gasteiger partial charge in [-0.05, 0) is 19.1 Å². The van der Waals surface area contributed by atoms with Gasteiger partial charge < -0.3 is 4.42 Å². The first-order valence-corrected chi connectivity index (χ1v) is 5.15. The number of pyridine rings is 1. The second kappa shape index (κ2) is 3.55. The molecule has 0 atom stereocenters. The smallest absolute Gasteiger partial charge is 0.395 e. The van der Waals surface area contributed by atoms with Gasteiger partial charge in [-0.1, -0.05) is 18.2 Å². The Bertz CT molecular complexity index is 743. The maximum atomic E-state index is 11.5. The lowest BCUT2D eigenvalue weighted by Gasteiger charge is -2.04. The van der Waals surface area contributed by atoms with E-state index in [1.54, 1.807) is 6.07 Å². The monoisotopic (exact) mass is 227 g/mol. The number of nitrogens with zero attached hydrogens (tertiary/aromatic N) is 3. The number of aromatic nitrogens is 3. The molecule has 0 spiro atoms. The first-order valence-electron chi connectivity index (χ1n) is 5.15. The van der Waals surface area contributed by atoms with Crippen LogP contribution >= 0.6 is 0 Å². The highest BCUT2D eigenvalue weighted by atomic mass is 16.4. The summed E-state index contributed by atoms with van der Waals surface area (Å²) in [6, 6.07) is 9.48. The molecule has 0 saturated carbocycles. The van der Waals surface area contributed by atoms with Crippen molar-refractivity contribution in [2.75, 3.05) is 0 Å². The van der Waals surface area contributed by atoms with Crippen molar-refractivity contribution in [1.29, 1.82) is 0 Å². The highest BCUT2D eigenvalue weighted by Crippen LogP contribution is 2.19. The summed E-state index contributed by atoms with van der Waals surface area (Å²) in [5, 5.41) is 4.82. The van der Waals surface area contributed by atoms with Crippen molar-refractivity contribution in [3.8, 4) is 5.69 Å². The van der Waals surface area contributed by atoms with Crippen molar-refractivity contribution in [3.05, 3.63) is 53.0 Å². The normalized spacial score (nSPS) is 10.9. The van der Waals surface area contributed by atoms with Crippen LogP contribution in [0.15, 0.2) is 45.9 Å². The van der Waals surface area contributed by atoms with E-state index in [0.717, 1.165) is 23.0 Å². The first-order chi connectivity index (χ1) is 8.25. The van der Waals surface area contributed by atoms with Crippen LogP contribution in [-0.4, -0.2) is 14.8 Å². The maximum Gasteiger partial charge on any atom is 0.441 e. The van der Waals surface area contributed by atoms with Gasteiger partial charge in [-0.3, -0.25) is 4.98 Å². The summed E-state index contributed by atoms with van der Waals surface area (Å²) >= 11 is 0. The van der Waals surface area contributed by atoms with E-state index in [-0.39, 0.29) is 0 Å². The van der Waals surface area contributed by atoms with Crippen LogP contribution in [-0.2, 0) is 0 Å². The zero-order valence-electron chi connectivity index (χ0n) is 9.12. The molecular weight excluding hydrogens is 218 g/mol. The molecule has 5 heteroatoms. The van der Waals surface area contributed by atoms with Gasteiger partial charge in [-0.15, -0.1) is 5.10 Å². The van der Waals surface area contributed by atoms with Gasteiger partial charge in [0.1, 0.15) is 0 Å². The Kier molecular flexibility index (Phi) is 2.04. The van der Waals surface area contributed by atoms with Crippen LogP contribution in [0.1, 0.15) is 5.69 Å². The van der Waals surface area contributed by atoms with Crippen molar-refractivity contribution < 1.29 is 4.42 Å². The number of rotatable bonds is 1. The lowest BCUT2D eigenvalue weighted by molar-refractivity contribution is 0.504. The van der Waals surface area contributed by atoms with Crippen LogP contribution in [0.4, 0.5) is 0 Å². The fraction of sp³-hybridized carbons (Fsp3) is 0.0833. The van der Waals surface area contributed by atoms with E-state index in [0.29, 0.717) is 5.69 Å². The van der Waals surface area contributed by atoms with E-state index >= 15 is 0 Å². The zero-order chi connectivity index (χ0) is 11.8. The summed E-state index contributed by atoms with van der Waals surface area (Å²) in [6.45, 7) is 1.90. The second-order valence-electron chi connectivity index (χ2n) is 3.72. The summed E-state index contributed by atoms with van der Waals surface area (Å²) in [5.74, 6) is -0.513. The summed E-state index contributed by atoms with van der Waals surface area (Å²) in [4.78, 5) is 15.9. The molecule has 3 aromatic rings. The predicted octanol–water partition coefficient (Wildman–Crippen LogP) is 1.68. The number of hydrogen-bond acceptors (Lipinski definition) is 4. The summed E-state index contributed by atoms with van der Waals surface area (Å²) in [7, 11) is 0. The largest absolute Gasteiger partial charge is 0.441 e. The predicted molar refractivity (Wildman–Crippen MR) is 62.1 cm³/mol. The lowest BCUT2D eigenvalue weighted by atomic mass is 10.2. The molecule has 0 fully saturated rings. The van der Waals surface area contributed by atoms with E-state index in [2.05, 4.69) is 14.5 Å². The van der Waals surface area contributed by atoms with Gasteiger partial charge in [0.15, 0.2) is 0 Å². The fourth-order valence-corrected chi connectivity index (χ4v) is 1.77.